The van der Waals surface area contributed by atoms with Crippen molar-refractivity contribution in [2.75, 3.05) is 0 Å². The van der Waals surface area contributed by atoms with Gasteiger partial charge in [-0.3, -0.25) is 4.79 Å². The first-order valence-corrected chi connectivity index (χ1v) is 7.23. The van der Waals surface area contributed by atoms with E-state index < -0.39 is 0 Å². The average molecular weight is 284 g/mol. The number of ketones is 1. The van der Waals surface area contributed by atoms with Crippen LogP contribution in [-0.4, -0.2) is 16.0 Å². The molecule has 3 nitrogen and oxygen atoms in total. The summed E-state index contributed by atoms with van der Waals surface area (Å²) in [6, 6.07) is 12.1. The van der Waals surface area contributed by atoms with Crippen molar-refractivity contribution in [1.82, 2.24) is 0 Å². The molecule has 0 amide bonds. The normalized spacial score (nSPS) is 10.5. The van der Waals surface area contributed by atoms with Crippen LogP contribution in [0.2, 0.25) is 0 Å². The Labute approximate surface area is 124 Å². The maximum Gasteiger partial charge on any atom is 0.133 e. The Morgan fingerprint density at radius 1 is 1.00 bits per heavy atom. The van der Waals surface area contributed by atoms with E-state index in [1.807, 2.05) is 13.0 Å². The highest BCUT2D eigenvalue weighted by molar-refractivity contribution is 5.80. The lowest BCUT2D eigenvalue weighted by Gasteiger charge is -2.12. The molecular formula is C18H20O3. The number of benzene rings is 2. The zero-order valence-corrected chi connectivity index (χ0v) is 12.2. The van der Waals surface area contributed by atoms with Gasteiger partial charge in [0.1, 0.15) is 17.3 Å². The van der Waals surface area contributed by atoms with E-state index in [1.165, 1.54) is 0 Å². The topological polar surface area (TPSA) is 57.5 Å². The molecule has 0 saturated carbocycles. The van der Waals surface area contributed by atoms with Gasteiger partial charge in [-0.25, -0.2) is 0 Å². The predicted molar refractivity (Wildman–Crippen MR) is 83.4 cm³/mol. The number of carbonyl (C=O) groups excluding carboxylic acids is 1. The van der Waals surface area contributed by atoms with Gasteiger partial charge in [0, 0.05) is 18.4 Å². The van der Waals surface area contributed by atoms with Crippen molar-refractivity contribution in [3.05, 3.63) is 48.0 Å². The third kappa shape index (κ3) is 3.85. The van der Waals surface area contributed by atoms with Crippen molar-refractivity contribution in [1.29, 1.82) is 0 Å². The van der Waals surface area contributed by atoms with E-state index in [4.69, 9.17) is 0 Å². The molecule has 0 unspecified atom stereocenters. The molecule has 0 heterocycles. The van der Waals surface area contributed by atoms with Gasteiger partial charge in [-0.1, -0.05) is 31.2 Å². The second kappa shape index (κ2) is 6.93. The number of hydrogen-bond acceptors (Lipinski definition) is 3. The minimum absolute atomic E-state index is 0.189. The number of rotatable bonds is 6. The number of carbonyl (C=O) groups is 1. The smallest absolute Gasteiger partial charge is 0.133 e. The summed E-state index contributed by atoms with van der Waals surface area (Å²) in [7, 11) is 0. The van der Waals surface area contributed by atoms with Gasteiger partial charge < -0.3 is 10.2 Å². The van der Waals surface area contributed by atoms with E-state index in [0.717, 1.165) is 23.1 Å². The minimum atomic E-state index is 0.189. The van der Waals surface area contributed by atoms with Gasteiger partial charge in [0.05, 0.1) is 0 Å². The molecule has 0 aliphatic heterocycles. The van der Waals surface area contributed by atoms with Crippen LogP contribution in [0.5, 0.6) is 11.5 Å². The predicted octanol–water partition coefficient (Wildman–Crippen LogP) is 4.07. The maximum absolute atomic E-state index is 11.7. The van der Waals surface area contributed by atoms with Gasteiger partial charge in [-0.2, -0.15) is 0 Å². The van der Waals surface area contributed by atoms with Gasteiger partial charge in [0.2, 0.25) is 0 Å². The second-order valence-electron chi connectivity index (χ2n) is 5.15. The SMILES string of the molecule is CCCC(=O)CCc1cccc(O)c1-c1ccc(O)cc1. The van der Waals surface area contributed by atoms with Crippen LogP contribution < -0.4 is 0 Å². The molecule has 0 saturated heterocycles. The van der Waals surface area contributed by atoms with Gasteiger partial charge in [-0.15, -0.1) is 0 Å². The quantitative estimate of drug-likeness (QED) is 0.840. The van der Waals surface area contributed by atoms with Gasteiger partial charge in [-0.05, 0) is 42.2 Å². The monoisotopic (exact) mass is 284 g/mol. The van der Waals surface area contributed by atoms with E-state index in [2.05, 4.69) is 0 Å². The van der Waals surface area contributed by atoms with Crippen LogP contribution in [0.3, 0.4) is 0 Å². The van der Waals surface area contributed by atoms with Gasteiger partial charge >= 0.3 is 0 Å². The Bertz CT molecular complexity index is 615. The zero-order valence-electron chi connectivity index (χ0n) is 12.2. The Morgan fingerprint density at radius 3 is 2.38 bits per heavy atom. The average Bonchev–Trinajstić information content (AvgIpc) is 2.47. The van der Waals surface area contributed by atoms with Gasteiger partial charge in [0.15, 0.2) is 0 Å². The molecule has 0 aliphatic rings. The molecule has 2 N–H and O–H groups in total. The van der Waals surface area contributed by atoms with Crippen molar-refractivity contribution < 1.29 is 15.0 Å². The van der Waals surface area contributed by atoms with Crippen LogP contribution in [0.1, 0.15) is 31.7 Å². The minimum Gasteiger partial charge on any atom is -0.508 e. The van der Waals surface area contributed by atoms with Crippen LogP contribution in [0.15, 0.2) is 42.5 Å². The summed E-state index contributed by atoms with van der Waals surface area (Å²) in [6.45, 7) is 1.99. The molecule has 2 aromatic rings. The Morgan fingerprint density at radius 2 is 1.71 bits per heavy atom. The molecule has 0 bridgehead atoms. The van der Waals surface area contributed by atoms with E-state index in [0.29, 0.717) is 19.3 Å². The van der Waals surface area contributed by atoms with E-state index in [1.54, 1.807) is 36.4 Å². The standard InChI is InChI=1S/C18H20O3/c1-2-4-15(19)10-7-13-5-3-6-17(21)18(13)14-8-11-16(20)12-9-14/h3,5-6,8-9,11-12,20-21H,2,4,7,10H2,1H3. The molecule has 0 spiro atoms. The highest BCUT2D eigenvalue weighted by atomic mass is 16.3. The third-order valence-electron chi connectivity index (χ3n) is 3.49. The highest BCUT2D eigenvalue weighted by Gasteiger charge is 2.11. The van der Waals surface area contributed by atoms with Crippen LogP contribution in [0.25, 0.3) is 11.1 Å². The molecule has 0 aliphatic carbocycles. The first-order valence-electron chi connectivity index (χ1n) is 7.23. The first kappa shape index (κ1) is 15.1. The summed E-state index contributed by atoms with van der Waals surface area (Å²) in [5.41, 5.74) is 2.52. The van der Waals surface area contributed by atoms with Crippen molar-refractivity contribution in [2.45, 2.75) is 32.6 Å². The number of aryl methyl sites for hydroxylation is 1. The van der Waals surface area contributed by atoms with Crippen LogP contribution in [0, 0.1) is 0 Å². The number of hydrogen-bond donors (Lipinski definition) is 2. The van der Waals surface area contributed by atoms with Crippen molar-refractivity contribution >= 4 is 5.78 Å². The number of phenolic OH excluding ortho intramolecular Hbond substituents is 2. The second-order valence-corrected chi connectivity index (χ2v) is 5.15. The third-order valence-corrected chi connectivity index (χ3v) is 3.49. The molecule has 2 rings (SSSR count). The fraction of sp³-hybridized carbons (Fsp3) is 0.278. The molecule has 2 aromatic carbocycles. The van der Waals surface area contributed by atoms with Crippen LogP contribution in [-0.2, 0) is 11.2 Å². The summed E-state index contributed by atoms with van der Waals surface area (Å²) >= 11 is 0. The molecule has 0 aromatic heterocycles. The van der Waals surface area contributed by atoms with Crippen LogP contribution in [0.4, 0.5) is 0 Å². The van der Waals surface area contributed by atoms with E-state index in [-0.39, 0.29) is 17.3 Å². The lowest BCUT2D eigenvalue weighted by molar-refractivity contribution is -0.119. The van der Waals surface area contributed by atoms with Crippen molar-refractivity contribution in [2.24, 2.45) is 0 Å². The van der Waals surface area contributed by atoms with E-state index >= 15 is 0 Å². The van der Waals surface area contributed by atoms with Crippen molar-refractivity contribution in [3.8, 4) is 22.6 Å². The largest absolute Gasteiger partial charge is 0.508 e. The first-order chi connectivity index (χ1) is 10.1. The molecule has 21 heavy (non-hydrogen) atoms. The highest BCUT2D eigenvalue weighted by Crippen LogP contribution is 2.34. The summed E-state index contributed by atoms with van der Waals surface area (Å²) in [4.78, 5) is 11.7. The summed E-state index contributed by atoms with van der Waals surface area (Å²) in [5, 5.41) is 19.5. The lowest BCUT2D eigenvalue weighted by Crippen LogP contribution is -2.00. The number of phenols is 2. The Hall–Kier alpha value is -2.29. The number of Topliss-reactive ketones (excluding diaryl/α,β-unsaturated/α-hetero) is 1. The van der Waals surface area contributed by atoms with Crippen molar-refractivity contribution in [3.63, 3.8) is 0 Å². The molecule has 0 radical (unpaired) electrons. The maximum atomic E-state index is 11.7. The lowest BCUT2D eigenvalue weighted by atomic mass is 9.94. The molecule has 3 heteroatoms. The molecule has 0 fully saturated rings. The fourth-order valence-corrected chi connectivity index (χ4v) is 2.43. The molecule has 0 atom stereocenters. The Kier molecular flexibility index (Phi) is 4.99. The molecule has 110 valence electrons. The summed E-state index contributed by atoms with van der Waals surface area (Å²) < 4.78 is 0. The fourth-order valence-electron chi connectivity index (χ4n) is 2.43. The zero-order chi connectivity index (χ0) is 15.2. The summed E-state index contributed by atoms with van der Waals surface area (Å²) in [6.07, 6.45) is 2.57. The van der Waals surface area contributed by atoms with Crippen LogP contribution >= 0.6 is 0 Å². The summed E-state index contributed by atoms with van der Waals surface area (Å²) in [5.74, 6) is 0.632. The van der Waals surface area contributed by atoms with Gasteiger partial charge in [0.25, 0.3) is 0 Å². The number of aromatic hydroxyl groups is 2. The Balaban J connectivity index is 2.28. The van der Waals surface area contributed by atoms with E-state index in [9.17, 15) is 15.0 Å². The molecular weight excluding hydrogens is 264 g/mol.